The Labute approximate surface area is 220 Å². The number of halogens is 1. The molecule has 5 rings (SSSR count). The Balaban J connectivity index is 1.23. The third-order valence-electron chi connectivity index (χ3n) is 6.43. The summed E-state index contributed by atoms with van der Waals surface area (Å²) in [5, 5.41) is 3.44. The third kappa shape index (κ3) is 5.76. The Hall–Kier alpha value is -3.88. The summed E-state index contributed by atoms with van der Waals surface area (Å²) in [5.41, 5.74) is 11.1. The smallest absolute Gasteiger partial charge is 0.244 e. The Bertz CT molecular complexity index is 1320. The van der Waals surface area contributed by atoms with Crippen LogP contribution < -0.4 is 15.8 Å². The molecule has 1 unspecified atom stereocenters. The molecular weight excluding hydrogens is 490 g/mol. The molecule has 0 saturated carbocycles. The average Bonchev–Trinajstić information content (AvgIpc) is 3.37. The maximum Gasteiger partial charge on any atom is 0.244 e. The molecule has 8 nitrogen and oxygen atoms in total. The number of nitrogens with one attached hydrogen (secondary N) is 1. The molecule has 190 valence electrons. The molecule has 2 aromatic heterocycles. The van der Waals surface area contributed by atoms with Gasteiger partial charge in [-0.05, 0) is 42.0 Å². The number of carbonyl (C=O) groups excluding carboxylic acids is 1. The van der Waals surface area contributed by atoms with Crippen LogP contribution in [0, 0.1) is 0 Å². The van der Waals surface area contributed by atoms with Gasteiger partial charge in [0.1, 0.15) is 17.7 Å². The van der Waals surface area contributed by atoms with Crippen molar-refractivity contribution in [3.05, 3.63) is 83.2 Å². The molecule has 0 aliphatic carbocycles. The summed E-state index contributed by atoms with van der Waals surface area (Å²) in [6.45, 7) is 7.66. The zero-order valence-corrected chi connectivity index (χ0v) is 21.1. The molecule has 2 aliphatic heterocycles. The number of ether oxygens (including phenoxy) is 2. The van der Waals surface area contributed by atoms with E-state index < -0.39 is 0 Å². The number of rotatable bonds is 7. The molecule has 0 bridgehead atoms. The minimum atomic E-state index is -0.232. The molecule has 1 saturated heterocycles. The average molecular weight is 518 g/mol. The van der Waals surface area contributed by atoms with E-state index in [2.05, 4.69) is 21.8 Å². The molecule has 9 heteroatoms. The second-order valence-electron chi connectivity index (χ2n) is 8.92. The SMILES string of the molecule is C=C(c1ccc(-c2ccc(Cl)c3c2CC(CNC(=O)/C=C/c2ccc(N)nc2)O3)nc1)N1CCOCC1. The number of nitrogens with two attached hydrogens (primary N) is 1. The van der Waals surface area contributed by atoms with Gasteiger partial charge >= 0.3 is 0 Å². The summed E-state index contributed by atoms with van der Waals surface area (Å²) in [7, 11) is 0. The predicted octanol–water partition coefficient (Wildman–Crippen LogP) is 3.82. The summed E-state index contributed by atoms with van der Waals surface area (Å²) in [6, 6.07) is 11.3. The fraction of sp³-hybridized carbons (Fsp3) is 0.250. The van der Waals surface area contributed by atoms with Gasteiger partial charge in [-0.15, -0.1) is 0 Å². The number of carbonyl (C=O) groups is 1. The van der Waals surface area contributed by atoms with Crippen LogP contribution >= 0.6 is 11.6 Å². The van der Waals surface area contributed by atoms with Crippen LogP contribution in [-0.2, 0) is 16.0 Å². The molecule has 0 spiro atoms. The highest BCUT2D eigenvalue weighted by Gasteiger charge is 2.28. The van der Waals surface area contributed by atoms with Crippen molar-refractivity contribution in [1.29, 1.82) is 0 Å². The molecule has 1 fully saturated rings. The molecule has 37 heavy (non-hydrogen) atoms. The second-order valence-corrected chi connectivity index (χ2v) is 9.33. The Morgan fingerprint density at radius 1 is 1.16 bits per heavy atom. The van der Waals surface area contributed by atoms with Crippen molar-refractivity contribution in [2.24, 2.45) is 0 Å². The van der Waals surface area contributed by atoms with E-state index in [1.54, 1.807) is 24.4 Å². The number of hydrogen-bond acceptors (Lipinski definition) is 7. The number of pyridine rings is 2. The minimum Gasteiger partial charge on any atom is -0.486 e. The van der Waals surface area contributed by atoms with E-state index in [0.717, 1.165) is 46.7 Å². The number of anilines is 1. The highest BCUT2D eigenvalue weighted by Crippen LogP contribution is 2.41. The number of amides is 1. The fourth-order valence-electron chi connectivity index (χ4n) is 4.42. The van der Waals surface area contributed by atoms with Crippen molar-refractivity contribution in [2.75, 3.05) is 38.6 Å². The summed E-state index contributed by atoms with van der Waals surface area (Å²) in [6.07, 6.45) is 6.99. The molecule has 3 N–H and O–H groups in total. The van der Waals surface area contributed by atoms with Crippen LogP contribution in [0.15, 0.2) is 61.4 Å². The topological polar surface area (TPSA) is 103 Å². The monoisotopic (exact) mass is 517 g/mol. The lowest BCUT2D eigenvalue weighted by Crippen LogP contribution is -2.34. The number of nitrogens with zero attached hydrogens (tertiary/aromatic N) is 3. The van der Waals surface area contributed by atoms with Gasteiger partial charge in [-0.3, -0.25) is 9.78 Å². The molecule has 1 atom stereocenters. The molecule has 4 heterocycles. The molecular formula is C28H28ClN5O3. The summed E-state index contributed by atoms with van der Waals surface area (Å²) in [4.78, 5) is 23.3. The maximum atomic E-state index is 12.3. The van der Waals surface area contributed by atoms with E-state index in [4.69, 9.17) is 31.8 Å². The van der Waals surface area contributed by atoms with Gasteiger partial charge in [0, 0.05) is 60.4 Å². The summed E-state index contributed by atoms with van der Waals surface area (Å²) < 4.78 is 11.5. The third-order valence-corrected chi connectivity index (χ3v) is 6.73. The first-order chi connectivity index (χ1) is 18.0. The van der Waals surface area contributed by atoms with Crippen LogP contribution in [-0.4, -0.2) is 59.7 Å². The quantitative estimate of drug-likeness (QED) is 0.459. The number of nitrogen functional groups attached to an aromatic ring is 1. The van der Waals surface area contributed by atoms with Gasteiger partial charge in [-0.25, -0.2) is 4.98 Å². The van der Waals surface area contributed by atoms with Gasteiger partial charge in [-0.1, -0.05) is 24.2 Å². The number of morpholine rings is 1. The molecule has 1 amide bonds. The van der Waals surface area contributed by atoms with Crippen molar-refractivity contribution in [2.45, 2.75) is 12.5 Å². The largest absolute Gasteiger partial charge is 0.486 e. The van der Waals surface area contributed by atoms with Gasteiger partial charge in [0.05, 0.1) is 30.5 Å². The number of fused-ring (bicyclic) bond motifs is 1. The predicted molar refractivity (Wildman–Crippen MR) is 145 cm³/mol. The van der Waals surface area contributed by atoms with Crippen LogP contribution in [0.2, 0.25) is 5.02 Å². The Morgan fingerprint density at radius 2 is 2.00 bits per heavy atom. The first kappa shape index (κ1) is 24.8. The minimum absolute atomic E-state index is 0.222. The van der Waals surface area contributed by atoms with E-state index in [1.165, 1.54) is 6.08 Å². The van der Waals surface area contributed by atoms with E-state index >= 15 is 0 Å². The lowest BCUT2D eigenvalue weighted by atomic mass is 9.99. The first-order valence-corrected chi connectivity index (χ1v) is 12.5. The normalized spacial score (nSPS) is 16.9. The maximum absolute atomic E-state index is 12.3. The lowest BCUT2D eigenvalue weighted by Gasteiger charge is -2.30. The molecule has 1 aromatic carbocycles. The van der Waals surface area contributed by atoms with Gasteiger partial charge < -0.3 is 25.4 Å². The zero-order chi connectivity index (χ0) is 25.8. The molecule has 2 aliphatic rings. The summed E-state index contributed by atoms with van der Waals surface area (Å²) in [5.74, 6) is 0.855. The van der Waals surface area contributed by atoms with Crippen LogP contribution in [0.1, 0.15) is 16.7 Å². The van der Waals surface area contributed by atoms with Crippen molar-refractivity contribution in [3.8, 4) is 17.0 Å². The number of benzene rings is 1. The van der Waals surface area contributed by atoms with E-state index in [0.29, 0.717) is 42.8 Å². The lowest BCUT2D eigenvalue weighted by molar-refractivity contribution is -0.116. The Morgan fingerprint density at radius 3 is 2.73 bits per heavy atom. The Kier molecular flexibility index (Phi) is 7.39. The van der Waals surface area contributed by atoms with Crippen LogP contribution in [0.4, 0.5) is 5.82 Å². The van der Waals surface area contributed by atoms with Gasteiger partial charge in [0.2, 0.25) is 5.91 Å². The van der Waals surface area contributed by atoms with Crippen LogP contribution in [0.25, 0.3) is 23.0 Å². The van der Waals surface area contributed by atoms with E-state index in [9.17, 15) is 4.79 Å². The van der Waals surface area contributed by atoms with E-state index in [-0.39, 0.29) is 12.0 Å². The van der Waals surface area contributed by atoms with Gasteiger partial charge in [-0.2, -0.15) is 0 Å². The fourth-order valence-corrected chi connectivity index (χ4v) is 4.64. The highest BCUT2D eigenvalue weighted by atomic mass is 35.5. The zero-order valence-electron chi connectivity index (χ0n) is 20.3. The molecule has 3 aromatic rings. The highest BCUT2D eigenvalue weighted by molar-refractivity contribution is 6.32. The summed E-state index contributed by atoms with van der Waals surface area (Å²) >= 11 is 6.45. The van der Waals surface area contributed by atoms with Crippen molar-refractivity contribution in [1.82, 2.24) is 20.2 Å². The standard InChI is InChI=1S/C28H28ClN5O3/c1-18(34-10-12-36-13-11-34)20-4-7-25(31-16-20)22-5-6-24(29)28-23(22)14-21(37-28)17-33-27(35)9-3-19-2-8-26(30)32-15-19/h2-9,15-16,21H,1,10-14,17H2,(H2,30,32)(H,33,35)/b9-3+. The second kappa shape index (κ2) is 11.0. The first-order valence-electron chi connectivity index (χ1n) is 12.1. The van der Waals surface area contributed by atoms with Gasteiger partial charge in [0.25, 0.3) is 0 Å². The van der Waals surface area contributed by atoms with Crippen molar-refractivity contribution >= 4 is 35.1 Å². The van der Waals surface area contributed by atoms with Crippen LogP contribution in [0.3, 0.4) is 0 Å². The van der Waals surface area contributed by atoms with Crippen LogP contribution in [0.5, 0.6) is 5.75 Å². The van der Waals surface area contributed by atoms with Crippen molar-refractivity contribution in [3.63, 3.8) is 0 Å². The molecule has 0 radical (unpaired) electrons. The van der Waals surface area contributed by atoms with Gasteiger partial charge in [0.15, 0.2) is 0 Å². The number of hydrogen-bond donors (Lipinski definition) is 2. The van der Waals surface area contributed by atoms with E-state index in [1.807, 2.05) is 30.5 Å². The number of aromatic nitrogens is 2. The van der Waals surface area contributed by atoms with Crippen molar-refractivity contribution < 1.29 is 14.3 Å².